The number of aliphatic hydroxyl groups is 1. The fraction of sp³-hybridized carbons (Fsp3) is 0.360. The van der Waals surface area contributed by atoms with Crippen molar-refractivity contribution in [2.24, 2.45) is 4.99 Å². The second kappa shape index (κ2) is 11.6. The molecule has 2 aliphatic rings. The van der Waals surface area contributed by atoms with Crippen molar-refractivity contribution in [2.45, 2.75) is 25.2 Å². The minimum atomic E-state index is -4.87. The highest BCUT2D eigenvalue weighted by Crippen LogP contribution is 2.32. The Morgan fingerprint density at radius 3 is 2.54 bits per heavy atom. The Balaban J connectivity index is 1.62. The van der Waals surface area contributed by atoms with Crippen LogP contribution in [0.2, 0.25) is 5.02 Å². The van der Waals surface area contributed by atoms with Gasteiger partial charge in [-0.15, -0.1) is 13.2 Å². The molecule has 39 heavy (non-hydrogen) atoms. The largest absolute Gasteiger partial charge is 0.573 e. The number of nitrogens with zero attached hydrogens (tertiary/aromatic N) is 5. The van der Waals surface area contributed by atoms with E-state index in [0.717, 1.165) is 22.8 Å². The number of hydroxylamine groups is 2. The van der Waals surface area contributed by atoms with Crippen LogP contribution in [0.4, 0.5) is 18.0 Å². The Bertz CT molecular complexity index is 1240. The van der Waals surface area contributed by atoms with Gasteiger partial charge >= 0.3 is 12.4 Å². The molecule has 4 rings (SSSR count). The van der Waals surface area contributed by atoms with Gasteiger partial charge in [0, 0.05) is 24.7 Å². The van der Waals surface area contributed by atoms with Crippen LogP contribution in [0.25, 0.3) is 0 Å². The van der Waals surface area contributed by atoms with E-state index in [1.165, 1.54) is 30.3 Å². The fourth-order valence-corrected chi connectivity index (χ4v) is 4.11. The number of halogens is 4. The van der Waals surface area contributed by atoms with Crippen molar-refractivity contribution >= 4 is 23.7 Å². The van der Waals surface area contributed by atoms with E-state index in [1.54, 1.807) is 48.2 Å². The molecule has 2 heterocycles. The molecule has 1 N–H and O–H groups in total. The summed E-state index contributed by atoms with van der Waals surface area (Å²) in [6, 6.07) is 11.5. The normalized spacial score (nSPS) is 18.3. The lowest BCUT2D eigenvalue weighted by Crippen LogP contribution is -2.47. The molecular weight excluding hydrogens is 543 g/mol. The van der Waals surface area contributed by atoms with Crippen LogP contribution in [0.3, 0.4) is 0 Å². The number of aliphatic hydroxyl groups excluding tert-OH is 1. The minimum absolute atomic E-state index is 0.0229. The molecule has 0 aromatic heterocycles. The van der Waals surface area contributed by atoms with E-state index in [-0.39, 0.29) is 24.9 Å². The van der Waals surface area contributed by atoms with Gasteiger partial charge in [0.1, 0.15) is 23.5 Å². The third kappa shape index (κ3) is 7.25. The Hall–Kier alpha value is -3.68. The number of carbonyl (C=O) groups is 1. The lowest BCUT2D eigenvalue weighted by atomic mass is 10.2. The molecule has 2 atom stereocenters. The van der Waals surface area contributed by atoms with Gasteiger partial charge in [-0.3, -0.25) is 9.80 Å². The van der Waals surface area contributed by atoms with Crippen LogP contribution in [-0.4, -0.2) is 89.8 Å². The summed E-state index contributed by atoms with van der Waals surface area (Å²) >= 11 is 6.02. The molecular formula is C25H27ClF3N5O5. The number of rotatable bonds is 8. The molecule has 0 spiro atoms. The van der Waals surface area contributed by atoms with Gasteiger partial charge in [0.25, 0.3) is 6.02 Å². The highest BCUT2D eigenvalue weighted by Gasteiger charge is 2.42. The molecule has 2 aromatic rings. The number of fused-ring (bicyclic) bond motifs is 1. The van der Waals surface area contributed by atoms with Crippen molar-refractivity contribution in [1.82, 2.24) is 19.8 Å². The first-order chi connectivity index (χ1) is 18.4. The van der Waals surface area contributed by atoms with Gasteiger partial charge in [-0.05, 0) is 43.9 Å². The summed E-state index contributed by atoms with van der Waals surface area (Å²) in [6.45, 7) is 0.437. The maximum Gasteiger partial charge on any atom is 0.573 e. The molecule has 0 radical (unpaired) electrons. The smallest absolute Gasteiger partial charge is 0.426 e. The highest BCUT2D eigenvalue weighted by molar-refractivity contribution is 6.30. The molecule has 10 nitrogen and oxygen atoms in total. The molecule has 0 saturated carbocycles. The third-order valence-electron chi connectivity index (χ3n) is 5.68. The Morgan fingerprint density at radius 1 is 1.18 bits per heavy atom. The second-order valence-electron chi connectivity index (χ2n) is 9.14. The van der Waals surface area contributed by atoms with E-state index in [9.17, 15) is 23.1 Å². The topological polar surface area (TPSA) is 90.3 Å². The van der Waals surface area contributed by atoms with Gasteiger partial charge < -0.3 is 24.3 Å². The number of β-amino-alcohol motifs (C(OH)–C–C–N with tert-alkyl or cyclic N) is 1. The standard InChI is InChI=1S/C25H27ClF3N5O5/c1-31(2)13-18(35)14-34-24(36)32(3)22-21(15-37-34)33(12-16-7-9-17(26)10-8-16)23(30-22)38-19-5-4-6-20(11-19)39-25(27,28)29/h4-11,15,18,22,35H,12-14H2,1-3H3. The molecule has 0 saturated heterocycles. The first kappa shape index (κ1) is 28.3. The highest BCUT2D eigenvalue weighted by atomic mass is 35.5. The van der Waals surface area contributed by atoms with Crippen LogP contribution in [0.15, 0.2) is 65.5 Å². The number of hydrogen-bond acceptors (Lipinski definition) is 8. The number of carbonyl (C=O) groups excluding carboxylic acids is 1. The molecule has 2 unspecified atom stereocenters. The number of likely N-dealkylation sites (N-methyl/N-ethyl adjacent to an activating group) is 2. The van der Waals surface area contributed by atoms with Crippen LogP contribution in [0, 0.1) is 0 Å². The number of urea groups is 1. The number of hydrogen-bond donors (Lipinski definition) is 1. The molecule has 0 fully saturated rings. The van der Waals surface area contributed by atoms with E-state index in [4.69, 9.17) is 21.2 Å². The second-order valence-corrected chi connectivity index (χ2v) is 9.58. The zero-order valence-corrected chi connectivity index (χ0v) is 22.1. The Morgan fingerprint density at radius 2 is 1.87 bits per heavy atom. The lowest BCUT2D eigenvalue weighted by molar-refractivity contribution is -0.274. The first-order valence-corrected chi connectivity index (χ1v) is 12.1. The van der Waals surface area contributed by atoms with E-state index < -0.39 is 30.4 Å². The molecule has 0 bridgehead atoms. The molecule has 2 amide bonds. The lowest BCUT2D eigenvalue weighted by Gasteiger charge is -2.27. The van der Waals surface area contributed by atoms with E-state index in [0.29, 0.717) is 17.3 Å². The summed E-state index contributed by atoms with van der Waals surface area (Å²) in [5, 5.41) is 11.9. The summed E-state index contributed by atoms with van der Waals surface area (Å²) in [5.41, 5.74) is 1.24. The summed E-state index contributed by atoms with van der Waals surface area (Å²) in [4.78, 5) is 28.1. The van der Waals surface area contributed by atoms with E-state index in [2.05, 4.69) is 9.73 Å². The zero-order chi connectivity index (χ0) is 28.3. The predicted octanol–water partition coefficient (Wildman–Crippen LogP) is 3.88. The zero-order valence-electron chi connectivity index (χ0n) is 21.3. The van der Waals surface area contributed by atoms with Crippen LogP contribution in [0.1, 0.15) is 5.56 Å². The van der Waals surface area contributed by atoms with Gasteiger partial charge in [0.05, 0.1) is 19.2 Å². The average molecular weight is 570 g/mol. The van der Waals surface area contributed by atoms with Crippen LogP contribution >= 0.6 is 11.6 Å². The molecule has 0 aliphatic carbocycles. The molecule has 210 valence electrons. The van der Waals surface area contributed by atoms with Gasteiger partial charge in [-0.1, -0.05) is 29.8 Å². The van der Waals surface area contributed by atoms with E-state index >= 15 is 0 Å². The maximum absolute atomic E-state index is 13.2. The van der Waals surface area contributed by atoms with Gasteiger partial charge in [0.2, 0.25) is 0 Å². The predicted molar refractivity (Wildman–Crippen MR) is 136 cm³/mol. The summed E-state index contributed by atoms with van der Waals surface area (Å²) in [7, 11) is 5.11. The number of amidine groups is 1. The quantitative estimate of drug-likeness (QED) is 0.516. The number of benzene rings is 2. The average Bonchev–Trinajstić information content (AvgIpc) is 3.12. The first-order valence-electron chi connectivity index (χ1n) is 11.8. The Kier molecular flexibility index (Phi) is 8.42. The number of ether oxygens (including phenoxy) is 2. The van der Waals surface area contributed by atoms with Gasteiger partial charge in [-0.25, -0.2) is 9.79 Å². The summed E-state index contributed by atoms with van der Waals surface area (Å²) < 4.78 is 48.0. The van der Waals surface area contributed by atoms with Crippen LogP contribution < -0.4 is 9.47 Å². The SMILES string of the molecule is CN(C)CC(O)CN1OC=C2C(N=C(Oc3cccc(OC(F)(F)F)c3)N2Cc2ccc(Cl)cc2)N(C)C1=O. The number of amides is 2. The van der Waals surface area contributed by atoms with Crippen molar-refractivity contribution in [3.63, 3.8) is 0 Å². The monoisotopic (exact) mass is 569 g/mol. The minimum Gasteiger partial charge on any atom is -0.426 e. The van der Waals surface area contributed by atoms with Crippen molar-refractivity contribution in [2.75, 3.05) is 34.2 Å². The molecule has 2 aromatic carbocycles. The van der Waals surface area contributed by atoms with Crippen molar-refractivity contribution in [3.8, 4) is 11.5 Å². The maximum atomic E-state index is 13.2. The van der Waals surface area contributed by atoms with E-state index in [1.807, 2.05) is 0 Å². The van der Waals surface area contributed by atoms with Crippen molar-refractivity contribution in [1.29, 1.82) is 0 Å². The molecule has 2 aliphatic heterocycles. The third-order valence-corrected chi connectivity index (χ3v) is 5.93. The van der Waals surface area contributed by atoms with Crippen LogP contribution in [-0.2, 0) is 11.4 Å². The summed E-state index contributed by atoms with van der Waals surface area (Å²) in [5.74, 6) is -0.421. The molecule has 14 heteroatoms. The number of aliphatic imine (C=N–C) groups is 1. The van der Waals surface area contributed by atoms with Crippen molar-refractivity contribution < 1.29 is 37.4 Å². The fourth-order valence-electron chi connectivity index (χ4n) is 3.99. The summed E-state index contributed by atoms with van der Waals surface area (Å²) in [6.07, 6.45) is -5.26. The van der Waals surface area contributed by atoms with Crippen LogP contribution in [0.5, 0.6) is 11.5 Å². The number of alkyl halides is 3. The van der Waals surface area contributed by atoms with Crippen molar-refractivity contribution in [3.05, 3.63) is 71.1 Å². The van der Waals surface area contributed by atoms with Gasteiger partial charge in [0.15, 0.2) is 6.17 Å². The van der Waals surface area contributed by atoms with Gasteiger partial charge in [-0.2, -0.15) is 5.06 Å². The Labute approximate surface area is 228 Å².